The molecule has 0 rings (SSSR count). The zero-order chi connectivity index (χ0) is 56.4. The highest BCUT2D eigenvalue weighted by atomic mass is 16.6. The minimum Gasteiger partial charge on any atom is -0.462 e. The Kier molecular flexibility index (Phi) is 65.1. The molecule has 1 atom stereocenters. The third kappa shape index (κ3) is 64.5. The molecule has 0 bridgehead atoms. The number of ether oxygens (including phenoxy) is 3. The molecule has 0 amide bonds. The molecule has 0 saturated heterocycles. The van der Waals surface area contributed by atoms with Crippen LogP contribution in [0.15, 0.2) is 36.5 Å². The van der Waals surface area contributed by atoms with Gasteiger partial charge in [0.25, 0.3) is 0 Å². The lowest BCUT2D eigenvalue weighted by atomic mass is 10.0. The molecule has 0 aromatic heterocycles. The topological polar surface area (TPSA) is 78.9 Å². The van der Waals surface area contributed by atoms with E-state index in [1.807, 2.05) is 0 Å². The van der Waals surface area contributed by atoms with Crippen LogP contribution >= 0.6 is 0 Å². The molecule has 0 aromatic carbocycles. The molecular weight excluding hydrogens is 961 g/mol. The first-order chi connectivity index (χ1) is 38.5. The highest BCUT2D eigenvalue weighted by Gasteiger charge is 2.19. The second-order valence-corrected chi connectivity index (χ2v) is 23.8. The van der Waals surface area contributed by atoms with Crippen molar-refractivity contribution in [1.82, 2.24) is 0 Å². The van der Waals surface area contributed by atoms with Gasteiger partial charge in [0.1, 0.15) is 13.2 Å². The van der Waals surface area contributed by atoms with E-state index in [1.54, 1.807) is 0 Å². The van der Waals surface area contributed by atoms with Gasteiger partial charge in [0.2, 0.25) is 0 Å². The Labute approximate surface area is 486 Å². The predicted octanol–water partition coefficient (Wildman–Crippen LogP) is 23.9. The zero-order valence-corrected chi connectivity index (χ0v) is 52.7. The molecule has 6 nitrogen and oxygen atoms in total. The summed E-state index contributed by atoms with van der Waals surface area (Å²) in [6.07, 6.45) is 83.5. The van der Waals surface area contributed by atoms with Crippen LogP contribution < -0.4 is 0 Å². The number of rotatable bonds is 65. The number of carbonyl (C=O) groups excluding carboxylic acids is 3. The third-order valence-corrected chi connectivity index (χ3v) is 15.8. The number of esters is 3. The maximum Gasteiger partial charge on any atom is 0.306 e. The molecule has 0 aliphatic rings. The normalized spacial score (nSPS) is 12.2. The SMILES string of the molecule is CCC/C=C\CCCCCCCC(=O)OCC(COC(=O)CCCCCCCCCCCCCCCCCCCCCCCCC/C=C\C/C=C\CCCCCCC)OC(=O)CCCCCCCCCCCCCCCCC. The van der Waals surface area contributed by atoms with Gasteiger partial charge in [-0.3, -0.25) is 14.4 Å². The Balaban J connectivity index is 3.98. The van der Waals surface area contributed by atoms with Crippen LogP contribution in [0.25, 0.3) is 0 Å². The monoisotopic (exact) mass is 1100 g/mol. The lowest BCUT2D eigenvalue weighted by molar-refractivity contribution is -0.167. The van der Waals surface area contributed by atoms with E-state index in [4.69, 9.17) is 14.2 Å². The zero-order valence-electron chi connectivity index (χ0n) is 52.7. The Morgan fingerprint density at radius 1 is 0.256 bits per heavy atom. The van der Waals surface area contributed by atoms with Gasteiger partial charge < -0.3 is 14.2 Å². The summed E-state index contributed by atoms with van der Waals surface area (Å²) in [6, 6.07) is 0. The fourth-order valence-corrected chi connectivity index (χ4v) is 10.6. The first-order valence-corrected chi connectivity index (χ1v) is 35.0. The average molecular weight is 1100 g/mol. The van der Waals surface area contributed by atoms with Gasteiger partial charge in [-0.1, -0.05) is 333 Å². The highest BCUT2D eigenvalue weighted by molar-refractivity contribution is 5.71. The van der Waals surface area contributed by atoms with Gasteiger partial charge in [0.05, 0.1) is 0 Å². The number of carbonyl (C=O) groups is 3. The van der Waals surface area contributed by atoms with Gasteiger partial charge in [-0.15, -0.1) is 0 Å². The first kappa shape index (κ1) is 75.6. The number of unbranched alkanes of at least 4 members (excludes halogenated alkanes) is 48. The van der Waals surface area contributed by atoms with E-state index < -0.39 is 6.10 Å². The van der Waals surface area contributed by atoms with Crippen LogP contribution in [-0.2, 0) is 28.6 Å². The van der Waals surface area contributed by atoms with Crippen molar-refractivity contribution in [3.63, 3.8) is 0 Å². The highest BCUT2D eigenvalue weighted by Crippen LogP contribution is 2.18. The van der Waals surface area contributed by atoms with Crippen LogP contribution in [0.3, 0.4) is 0 Å². The van der Waals surface area contributed by atoms with Crippen LogP contribution in [0, 0.1) is 0 Å². The summed E-state index contributed by atoms with van der Waals surface area (Å²) in [5, 5.41) is 0. The molecule has 0 radical (unpaired) electrons. The van der Waals surface area contributed by atoms with Crippen molar-refractivity contribution < 1.29 is 28.6 Å². The smallest absolute Gasteiger partial charge is 0.306 e. The van der Waals surface area contributed by atoms with Crippen molar-refractivity contribution in [3.05, 3.63) is 36.5 Å². The molecule has 0 aliphatic carbocycles. The molecule has 0 saturated carbocycles. The molecule has 458 valence electrons. The minimum atomic E-state index is -0.770. The van der Waals surface area contributed by atoms with Crippen LogP contribution in [0.5, 0.6) is 0 Å². The largest absolute Gasteiger partial charge is 0.462 e. The van der Waals surface area contributed by atoms with Crippen molar-refractivity contribution in [3.8, 4) is 0 Å². The van der Waals surface area contributed by atoms with Crippen molar-refractivity contribution in [2.45, 2.75) is 393 Å². The summed E-state index contributed by atoms with van der Waals surface area (Å²) in [6.45, 7) is 6.62. The fourth-order valence-electron chi connectivity index (χ4n) is 10.6. The lowest BCUT2D eigenvalue weighted by Gasteiger charge is -2.18. The van der Waals surface area contributed by atoms with Crippen molar-refractivity contribution in [2.75, 3.05) is 13.2 Å². The summed E-state index contributed by atoms with van der Waals surface area (Å²) in [4.78, 5) is 38.2. The van der Waals surface area contributed by atoms with Crippen LogP contribution in [0.4, 0.5) is 0 Å². The molecule has 0 N–H and O–H groups in total. The first-order valence-electron chi connectivity index (χ1n) is 35.0. The third-order valence-electron chi connectivity index (χ3n) is 15.8. The maximum absolute atomic E-state index is 12.9. The van der Waals surface area contributed by atoms with E-state index in [-0.39, 0.29) is 31.1 Å². The lowest BCUT2D eigenvalue weighted by Crippen LogP contribution is -2.30. The minimum absolute atomic E-state index is 0.0685. The Hall–Kier alpha value is -2.37. The van der Waals surface area contributed by atoms with Gasteiger partial charge in [-0.25, -0.2) is 0 Å². The van der Waals surface area contributed by atoms with E-state index in [0.29, 0.717) is 19.3 Å². The Morgan fingerprint density at radius 2 is 0.487 bits per heavy atom. The second-order valence-electron chi connectivity index (χ2n) is 23.8. The van der Waals surface area contributed by atoms with E-state index >= 15 is 0 Å². The molecule has 1 unspecified atom stereocenters. The number of hydrogen-bond donors (Lipinski definition) is 0. The number of allylic oxidation sites excluding steroid dienone is 6. The van der Waals surface area contributed by atoms with Gasteiger partial charge in [-0.2, -0.15) is 0 Å². The predicted molar refractivity (Wildman–Crippen MR) is 339 cm³/mol. The van der Waals surface area contributed by atoms with Crippen LogP contribution in [0.2, 0.25) is 0 Å². The second kappa shape index (κ2) is 67.1. The van der Waals surface area contributed by atoms with E-state index in [0.717, 1.165) is 77.0 Å². The number of hydrogen-bond acceptors (Lipinski definition) is 6. The summed E-state index contributed by atoms with van der Waals surface area (Å²) in [7, 11) is 0. The van der Waals surface area contributed by atoms with E-state index in [2.05, 4.69) is 57.2 Å². The Bertz CT molecular complexity index is 1300. The molecular formula is C72H134O6. The van der Waals surface area contributed by atoms with E-state index in [1.165, 1.54) is 270 Å². The Morgan fingerprint density at radius 3 is 0.769 bits per heavy atom. The summed E-state index contributed by atoms with van der Waals surface area (Å²) in [5.41, 5.74) is 0. The van der Waals surface area contributed by atoms with Gasteiger partial charge in [-0.05, 0) is 70.6 Å². The van der Waals surface area contributed by atoms with Crippen molar-refractivity contribution >= 4 is 17.9 Å². The molecule has 6 heteroatoms. The van der Waals surface area contributed by atoms with Gasteiger partial charge in [0.15, 0.2) is 6.10 Å². The van der Waals surface area contributed by atoms with Crippen molar-refractivity contribution in [2.24, 2.45) is 0 Å². The summed E-state index contributed by atoms with van der Waals surface area (Å²) in [5.74, 6) is -0.854. The van der Waals surface area contributed by atoms with Crippen LogP contribution in [-0.4, -0.2) is 37.2 Å². The quantitative estimate of drug-likeness (QED) is 0.0261. The van der Waals surface area contributed by atoms with Gasteiger partial charge >= 0.3 is 17.9 Å². The molecule has 78 heavy (non-hydrogen) atoms. The molecule has 0 fully saturated rings. The van der Waals surface area contributed by atoms with E-state index in [9.17, 15) is 14.4 Å². The fraction of sp³-hybridized carbons (Fsp3) is 0.875. The maximum atomic E-state index is 12.9. The summed E-state index contributed by atoms with van der Waals surface area (Å²) < 4.78 is 16.9. The molecule has 0 aromatic rings. The standard InChI is InChI=1S/C72H134O6/c1-4-7-10-13-16-19-22-24-26-27-28-29-30-31-32-33-34-35-36-37-38-39-40-41-42-43-44-45-47-48-50-53-56-59-62-65-71(74)77-68-69(67-76-70(73)64-61-58-55-52-21-18-15-12-9-6-3)78-72(75)66-63-60-57-54-51-49-46-25-23-20-17-14-11-8-5-2/h12,15,22,24,27-28,69H,4-11,13-14,16-21,23,25-26,29-68H2,1-3H3/b15-12-,24-22-,28-27-. The van der Waals surface area contributed by atoms with Gasteiger partial charge in [0, 0.05) is 19.3 Å². The molecule has 0 spiro atoms. The molecule has 0 heterocycles. The van der Waals surface area contributed by atoms with Crippen LogP contribution in [0.1, 0.15) is 387 Å². The average Bonchev–Trinajstić information content (AvgIpc) is 3.44. The molecule has 0 aliphatic heterocycles. The van der Waals surface area contributed by atoms with Crippen molar-refractivity contribution in [1.29, 1.82) is 0 Å². The summed E-state index contributed by atoms with van der Waals surface area (Å²) >= 11 is 0.